The van der Waals surface area contributed by atoms with Crippen molar-refractivity contribution in [3.8, 4) is 5.75 Å². The molecular formula is C9H8ClNO. The van der Waals surface area contributed by atoms with E-state index >= 15 is 0 Å². The van der Waals surface area contributed by atoms with Crippen molar-refractivity contribution in [1.82, 2.24) is 4.98 Å². The summed E-state index contributed by atoms with van der Waals surface area (Å²) in [5, 5.41) is 10.7. The molecule has 0 aliphatic heterocycles. The lowest BCUT2D eigenvalue weighted by molar-refractivity contribution is 0.476. The molecule has 3 heteroatoms. The van der Waals surface area contributed by atoms with Crippen LogP contribution in [0.5, 0.6) is 5.75 Å². The number of benzene rings is 1. The first-order valence-electron chi connectivity index (χ1n) is 3.64. The van der Waals surface area contributed by atoms with Gasteiger partial charge < -0.3 is 10.1 Å². The summed E-state index contributed by atoms with van der Waals surface area (Å²) in [6, 6.07) is 3.39. The van der Waals surface area contributed by atoms with Crippen LogP contribution in [0.3, 0.4) is 0 Å². The highest BCUT2D eigenvalue weighted by atomic mass is 35.5. The Bertz CT molecular complexity index is 433. The number of H-pyrrole nitrogens is 1. The number of aromatic hydroxyl groups is 1. The number of phenolic OH excluding ortho intramolecular Hbond substituents is 1. The second-order valence-corrected chi connectivity index (χ2v) is 3.23. The maximum Gasteiger partial charge on any atom is 0.134 e. The maximum absolute atomic E-state index is 9.31. The van der Waals surface area contributed by atoms with E-state index in [1.807, 2.05) is 13.1 Å². The average molecular weight is 182 g/mol. The first-order chi connectivity index (χ1) is 5.68. The van der Waals surface area contributed by atoms with Crippen LogP contribution in [0.1, 0.15) is 5.56 Å². The molecule has 0 atom stereocenters. The SMILES string of the molecule is Cc1c[nH]c2cc(Cl)c(O)cc12. The predicted octanol–water partition coefficient (Wildman–Crippen LogP) is 2.84. The molecule has 1 aromatic heterocycles. The van der Waals surface area contributed by atoms with E-state index in [1.165, 1.54) is 0 Å². The standard InChI is InChI=1S/C9H8ClNO/c1-5-4-11-8-3-7(10)9(12)2-6(5)8/h2-4,11-12H,1H3. The molecule has 2 rings (SSSR count). The number of aryl methyl sites for hydroxylation is 1. The van der Waals surface area contributed by atoms with E-state index in [-0.39, 0.29) is 5.75 Å². The third-order valence-electron chi connectivity index (χ3n) is 1.96. The maximum atomic E-state index is 9.31. The van der Waals surface area contributed by atoms with Gasteiger partial charge in [-0.2, -0.15) is 0 Å². The summed E-state index contributed by atoms with van der Waals surface area (Å²) in [7, 11) is 0. The van der Waals surface area contributed by atoms with Crippen molar-refractivity contribution in [3.63, 3.8) is 0 Å². The van der Waals surface area contributed by atoms with Gasteiger partial charge in [-0.3, -0.25) is 0 Å². The van der Waals surface area contributed by atoms with E-state index < -0.39 is 0 Å². The molecule has 0 saturated heterocycles. The van der Waals surface area contributed by atoms with Crippen LogP contribution in [0.4, 0.5) is 0 Å². The molecule has 2 aromatic rings. The third kappa shape index (κ3) is 0.959. The number of nitrogens with one attached hydrogen (secondary N) is 1. The number of phenols is 1. The van der Waals surface area contributed by atoms with Crippen molar-refractivity contribution in [2.75, 3.05) is 0 Å². The number of aromatic nitrogens is 1. The minimum atomic E-state index is 0.131. The number of halogens is 1. The lowest BCUT2D eigenvalue weighted by atomic mass is 10.2. The first-order valence-corrected chi connectivity index (χ1v) is 4.02. The summed E-state index contributed by atoms with van der Waals surface area (Å²) in [4.78, 5) is 3.06. The van der Waals surface area contributed by atoms with E-state index in [0.717, 1.165) is 16.5 Å². The monoisotopic (exact) mass is 181 g/mol. The number of fused-ring (bicyclic) bond motifs is 1. The van der Waals surface area contributed by atoms with Gasteiger partial charge >= 0.3 is 0 Å². The van der Waals surface area contributed by atoms with Crippen LogP contribution in [0.25, 0.3) is 10.9 Å². The topological polar surface area (TPSA) is 36.0 Å². The first kappa shape index (κ1) is 7.50. The van der Waals surface area contributed by atoms with Gasteiger partial charge in [-0.05, 0) is 24.6 Å². The Morgan fingerprint density at radius 2 is 2.17 bits per heavy atom. The number of hydrogen-bond acceptors (Lipinski definition) is 1. The smallest absolute Gasteiger partial charge is 0.134 e. The van der Waals surface area contributed by atoms with E-state index in [4.69, 9.17) is 11.6 Å². The Kier molecular flexibility index (Phi) is 1.51. The van der Waals surface area contributed by atoms with Gasteiger partial charge in [0, 0.05) is 17.1 Å². The number of aromatic amines is 1. The molecule has 2 nitrogen and oxygen atoms in total. The van der Waals surface area contributed by atoms with Crippen molar-refractivity contribution in [3.05, 3.63) is 28.9 Å². The summed E-state index contributed by atoms with van der Waals surface area (Å²) in [5.41, 5.74) is 2.06. The Labute approximate surface area is 74.8 Å². The molecule has 0 radical (unpaired) electrons. The van der Waals surface area contributed by atoms with Crippen molar-refractivity contribution in [1.29, 1.82) is 0 Å². The number of hydrogen-bond donors (Lipinski definition) is 2. The molecule has 1 heterocycles. The van der Waals surface area contributed by atoms with Crippen molar-refractivity contribution < 1.29 is 5.11 Å². The van der Waals surface area contributed by atoms with E-state index in [0.29, 0.717) is 5.02 Å². The van der Waals surface area contributed by atoms with Crippen LogP contribution < -0.4 is 0 Å². The van der Waals surface area contributed by atoms with E-state index in [2.05, 4.69) is 4.98 Å². The van der Waals surface area contributed by atoms with Crippen LogP contribution in [0.15, 0.2) is 18.3 Å². The molecule has 0 saturated carbocycles. The summed E-state index contributed by atoms with van der Waals surface area (Å²) in [5.74, 6) is 0.131. The Balaban J connectivity index is 2.87. The van der Waals surface area contributed by atoms with Gasteiger partial charge in [0.05, 0.1) is 5.02 Å². The zero-order chi connectivity index (χ0) is 8.72. The second-order valence-electron chi connectivity index (χ2n) is 2.82. The summed E-state index contributed by atoms with van der Waals surface area (Å²) < 4.78 is 0. The van der Waals surface area contributed by atoms with Gasteiger partial charge in [-0.15, -0.1) is 0 Å². The molecule has 0 bridgehead atoms. The van der Waals surface area contributed by atoms with Crippen molar-refractivity contribution in [2.24, 2.45) is 0 Å². The molecule has 12 heavy (non-hydrogen) atoms. The highest BCUT2D eigenvalue weighted by molar-refractivity contribution is 6.32. The Morgan fingerprint density at radius 3 is 2.92 bits per heavy atom. The Morgan fingerprint density at radius 1 is 1.42 bits per heavy atom. The van der Waals surface area contributed by atoms with Crippen LogP contribution in [-0.2, 0) is 0 Å². The highest BCUT2D eigenvalue weighted by Gasteiger charge is 2.04. The van der Waals surface area contributed by atoms with Gasteiger partial charge in [0.15, 0.2) is 0 Å². The van der Waals surface area contributed by atoms with Gasteiger partial charge in [-0.25, -0.2) is 0 Å². The minimum Gasteiger partial charge on any atom is -0.506 e. The molecule has 0 amide bonds. The largest absolute Gasteiger partial charge is 0.506 e. The van der Waals surface area contributed by atoms with Crippen LogP contribution >= 0.6 is 11.6 Å². The molecule has 62 valence electrons. The minimum absolute atomic E-state index is 0.131. The third-order valence-corrected chi connectivity index (χ3v) is 2.26. The van der Waals surface area contributed by atoms with Gasteiger partial charge in [0.2, 0.25) is 0 Å². The van der Waals surface area contributed by atoms with Crippen LogP contribution in [0, 0.1) is 6.92 Å². The van der Waals surface area contributed by atoms with Crippen molar-refractivity contribution >= 4 is 22.5 Å². The fourth-order valence-electron chi connectivity index (χ4n) is 1.27. The van der Waals surface area contributed by atoms with E-state index in [9.17, 15) is 5.11 Å². The molecule has 0 fully saturated rings. The summed E-state index contributed by atoms with van der Waals surface area (Å²) >= 11 is 5.73. The summed E-state index contributed by atoms with van der Waals surface area (Å²) in [6.07, 6.45) is 1.89. The molecule has 0 aliphatic rings. The molecular weight excluding hydrogens is 174 g/mol. The average Bonchev–Trinajstić information content (AvgIpc) is 2.35. The zero-order valence-corrected chi connectivity index (χ0v) is 7.31. The fourth-order valence-corrected chi connectivity index (χ4v) is 1.43. The highest BCUT2D eigenvalue weighted by Crippen LogP contribution is 2.29. The Hall–Kier alpha value is -1.15. The van der Waals surface area contributed by atoms with E-state index in [1.54, 1.807) is 12.1 Å². The van der Waals surface area contributed by atoms with Gasteiger partial charge in [0.25, 0.3) is 0 Å². The zero-order valence-electron chi connectivity index (χ0n) is 6.56. The number of rotatable bonds is 0. The quantitative estimate of drug-likeness (QED) is 0.644. The molecule has 0 spiro atoms. The molecule has 2 N–H and O–H groups in total. The molecule has 0 unspecified atom stereocenters. The van der Waals surface area contributed by atoms with Crippen LogP contribution in [0.2, 0.25) is 5.02 Å². The van der Waals surface area contributed by atoms with Gasteiger partial charge in [-0.1, -0.05) is 11.6 Å². The summed E-state index contributed by atoms with van der Waals surface area (Å²) in [6.45, 7) is 1.98. The van der Waals surface area contributed by atoms with Crippen LogP contribution in [-0.4, -0.2) is 10.1 Å². The predicted molar refractivity (Wildman–Crippen MR) is 49.7 cm³/mol. The molecule has 0 aliphatic carbocycles. The second kappa shape index (κ2) is 2.42. The normalized spacial score (nSPS) is 10.8. The van der Waals surface area contributed by atoms with Crippen molar-refractivity contribution in [2.45, 2.75) is 6.92 Å². The lowest BCUT2D eigenvalue weighted by Gasteiger charge is -1.96. The lowest BCUT2D eigenvalue weighted by Crippen LogP contribution is -1.71. The fraction of sp³-hybridized carbons (Fsp3) is 0.111. The molecule has 1 aromatic carbocycles. The van der Waals surface area contributed by atoms with Gasteiger partial charge in [0.1, 0.15) is 5.75 Å².